The van der Waals surface area contributed by atoms with E-state index in [1.165, 1.54) is 22.3 Å². The summed E-state index contributed by atoms with van der Waals surface area (Å²) >= 11 is 0. The molecule has 0 heterocycles. The highest BCUT2D eigenvalue weighted by Gasteiger charge is 2.53. The molecule has 30 heavy (non-hydrogen) atoms. The van der Waals surface area contributed by atoms with Crippen LogP contribution in [-0.2, 0) is 4.79 Å². The fourth-order valence-corrected chi connectivity index (χ4v) is 5.81. The van der Waals surface area contributed by atoms with Crippen LogP contribution in [0.5, 0.6) is 5.75 Å². The number of amides is 1. The summed E-state index contributed by atoms with van der Waals surface area (Å²) in [6, 6.07) is 25.0. The zero-order valence-corrected chi connectivity index (χ0v) is 17.6. The first-order valence-electron chi connectivity index (χ1n) is 10.7. The number of rotatable bonds is 4. The molecule has 0 saturated heterocycles. The summed E-state index contributed by atoms with van der Waals surface area (Å²) in [5.41, 5.74) is 6.12. The van der Waals surface area contributed by atoms with Gasteiger partial charge in [-0.1, -0.05) is 74.5 Å². The van der Waals surface area contributed by atoms with E-state index in [4.69, 9.17) is 4.74 Å². The molecule has 2 bridgehead atoms. The summed E-state index contributed by atoms with van der Waals surface area (Å²) in [6.45, 7) is 4.50. The van der Waals surface area contributed by atoms with Gasteiger partial charge < -0.3 is 10.1 Å². The van der Waals surface area contributed by atoms with Crippen LogP contribution >= 0.6 is 0 Å². The second-order valence-electron chi connectivity index (χ2n) is 8.75. The molecule has 3 aliphatic carbocycles. The third-order valence-corrected chi connectivity index (χ3v) is 6.93. The summed E-state index contributed by atoms with van der Waals surface area (Å²) < 4.78 is 5.47. The monoisotopic (exact) mass is 397 g/mol. The maximum absolute atomic E-state index is 13.8. The fourth-order valence-electron chi connectivity index (χ4n) is 5.81. The molecule has 0 radical (unpaired) electrons. The van der Waals surface area contributed by atoms with E-state index < -0.39 is 0 Å². The lowest BCUT2D eigenvalue weighted by atomic mass is 9.52. The highest BCUT2D eigenvalue weighted by molar-refractivity contribution is 5.96. The average molecular weight is 398 g/mol. The zero-order chi connectivity index (χ0) is 20.8. The maximum Gasteiger partial charge on any atom is 0.228 e. The number of ether oxygens (including phenoxy) is 1. The molecule has 3 heteroatoms. The molecular weight excluding hydrogens is 370 g/mol. The van der Waals surface area contributed by atoms with Gasteiger partial charge in [0.05, 0.1) is 18.7 Å². The number of fused-ring (bicyclic) bond motifs is 1. The Kier molecular flexibility index (Phi) is 4.62. The molecule has 0 spiro atoms. The molecule has 0 unspecified atom stereocenters. The number of anilines is 1. The molecule has 3 aromatic rings. The lowest BCUT2D eigenvalue weighted by Crippen LogP contribution is -2.47. The van der Waals surface area contributed by atoms with Crippen molar-refractivity contribution in [2.75, 3.05) is 12.4 Å². The van der Waals surface area contributed by atoms with Gasteiger partial charge >= 0.3 is 0 Å². The highest BCUT2D eigenvalue weighted by Crippen LogP contribution is 2.60. The first-order chi connectivity index (χ1) is 14.6. The summed E-state index contributed by atoms with van der Waals surface area (Å²) in [6.07, 6.45) is 0. The number of para-hydroxylation sites is 2. The number of nitrogens with one attached hydrogen (secondary N) is 1. The number of hydrogen-bond donors (Lipinski definition) is 1. The van der Waals surface area contributed by atoms with Gasteiger partial charge in [0.2, 0.25) is 5.91 Å². The number of carbonyl (C=O) groups is 1. The van der Waals surface area contributed by atoms with Crippen LogP contribution < -0.4 is 10.1 Å². The van der Waals surface area contributed by atoms with Crippen molar-refractivity contribution in [3.05, 3.63) is 95.1 Å². The van der Waals surface area contributed by atoms with E-state index in [1.54, 1.807) is 7.11 Å². The van der Waals surface area contributed by atoms with Crippen molar-refractivity contribution in [1.29, 1.82) is 0 Å². The second kappa shape index (κ2) is 7.32. The molecule has 0 aliphatic heterocycles. The maximum atomic E-state index is 13.8. The van der Waals surface area contributed by atoms with Gasteiger partial charge in [-0.15, -0.1) is 0 Å². The van der Waals surface area contributed by atoms with Gasteiger partial charge in [0, 0.05) is 11.8 Å². The molecule has 3 aromatic carbocycles. The third-order valence-electron chi connectivity index (χ3n) is 6.93. The molecule has 3 nitrogen and oxygen atoms in total. The van der Waals surface area contributed by atoms with Gasteiger partial charge in [-0.2, -0.15) is 0 Å². The van der Waals surface area contributed by atoms with Crippen molar-refractivity contribution in [2.24, 2.45) is 17.8 Å². The summed E-state index contributed by atoms with van der Waals surface area (Å²) in [5, 5.41) is 3.20. The van der Waals surface area contributed by atoms with E-state index in [-0.39, 0.29) is 29.6 Å². The van der Waals surface area contributed by atoms with Crippen molar-refractivity contribution in [3.8, 4) is 5.75 Å². The predicted molar refractivity (Wildman–Crippen MR) is 120 cm³/mol. The van der Waals surface area contributed by atoms with Gasteiger partial charge in [0.15, 0.2) is 0 Å². The van der Waals surface area contributed by atoms with Crippen LogP contribution in [0, 0.1) is 17.8 Å². The van der Waals surface area contributed by atoms with Crippen LogP contribution in [-0.4, -0.2) is 13.0 Å². The lowest BCUT2D eigenvalue weighted by molar-refractivity contribution is -0.123. The molecule has 1 N–H and O–H groups in total. The van der Waals surface area contributed by atoms with E-state index >= 15 is 0 Å². The Hall–Kier alpha value is -3.07. The average Bonchev–Trinajstić information content (AvgIpc) is 2.78. The molecule has 3 aliphatic rings. The minimum atomic E-state index is -0.121. The number of hydrogen-bond acceptors (Lipinski definition) is 2. The Morgan fingerprint density at radius 3 is 1.83 bits per heavy atom. The summed E-state index contributed by atoms with van der Waals surface area (Å²) in [7, 11) is 1.64. The van der Waals surface area contributed by atoms with Crippen molar-refractivity contribution in [2.45, 2.75) is 25.7 Å². The van der Waals surface area contributed by atoms with Crippen LogP contribution in [0.4, 0.5) is 5.69 Å². The molecular formula is C27H27NO2. The zero-order valence-electron chi connectivity index (χ0n) is 17.6. The second-order valence-corrected chi connectivity index (χ2v) is 8.75. The standard InChI is InChI=1S/C27H27NO2/c1-16(2)23-24-17-10-4-6-12-19(17)25(20-13-7-5-11-18(20)24)26(23)27(29)28-21-14-8-9-15-22(21)30-3/h4-16,23-26H,1-3H3,(H,28,29)/t23-,24?,25?,26-/m1/s1. The summed E-state index contributed by atoms with van der Waals surface area (Å²) in [4.78, 5) is 13.8. The van der Waals surface area contributed by atoms with E-state index in [0.29, 0.717) is 11.7 Å². The largest absolute Gasteiger partial charge is 0.495 e. The lowest BCUT2D eigenvalue weighted by Gasteiger charge is -2.51. The fraction of sp³-hybridized carbons (Fsp3) is 0.296. The first-order valence-corrected chi connectivity index (χ1v) is 10.7. The molecule has 0 saturated carbocycles. The topological polar surface area (TPSA) is 38.3 Å². The molecule has 6 rings (SSSR count). The van der Waals surface area contributed by atoms with Crippen molar-refractivity contribution < 1.29 is 9.53 Å². The molecule has 1 amide bonds. The van der Waals surface area contributed by atoms with Gasteiger partial charge in [-0.25, -0.2) is 0 Å². The van der Waals surface area contributed by atoms with E-state index in [1.807, 2.05) is 24.3 Å². The van der Waals surface area contributed by atoms with Crippen molar-refractivity contribution in [3.63, 3.8) is 0 Å². The van der Waals surface area contributed by atoms with Crippen LogP contribution in [0.25, 0.3) is 0 Å². The Labute approximate surface area is 178 Å². The third kappa shape index (κ3) is 2.76. The SMILES string of the molecule is COc1ccccc1NC(=O)[C@H]1C2c3ccccc3C(c3ccccc32)[C@H]1C(C)C. The Morgan fingerprint density at radius 1 is 0.800 bits per heavy atom. The van der Waals surface area contributed by atoms with Gasteiger partial charge in [-0.05, 0) is 46.2 Å². The van der Waals surface area contributed by atoms with Crippen LogP contribution in [0.1, 0.15) is 47.9 Å². The Morgan fingerprint density at radius 2 is 1.30 bits per heavy atom. The highest BCUT2D eigenvalue weighted by atomic mass is 16.5. The summed E-state index contributed by atoms with van der Waals surface area (Å²) in [5.74, 6) is 1.60. The van der Waals surface area contributed by atoms with Gasteiger partial charge in [0.25, 0.3) is 0 Å². The van der Waals surface area contributed by atoms with Crippen molar-refractivity contribution >= 4 is 11.6 Å². The molecule has 0 fully saturated rings. The van der Waals surface area contributed by atoms with Gasteiger partial charge in [-0.3, -0.25) is 4.79 Å². The van der Waals surface area contributed by atoms with Crippen LogP contribution in [0.15, 0.2) is 72.8 Å². The minimum Gasteiger partial charge on any atom is -0.495 e. The number of carbonyl (C=O) groups excluding carboxylic acids is 1. The van der Waals surface area contributed by atoms with Gasteiger partial charge in [0.1, 0.15) is 5.75 Å². The van der Waals surface area contributed by atoms with E-state index in [9.17, 15) is 4.79 Å². The Bertz CT molecular complexity index is 1060. The van der Waals surface area contributed by atoms with Crippen LogP contribution in [0.3, 0.4) is 0 Å². The number of methoxy groups -OCH3 is 1. The van der Waals surface area contributed by atoms with E-state index in [0.717, 1.165) is 5.69 Å². The minimum absolute atomic E-state index is 0.0736. The normalized spacial score (nSPS) is 23.6. The number of benzene rings is 3. The van der Waals surface area contributed by atoms with Crippen LogP contribution in [0.2, 0.25) is 0 Å². The molecule has 0 aromatic heterocycles. The Balaban J connectivity index is 1.64. The van der Waals surface area contributed by atoms with Crippen molar-refractivity contribution in [1.82, 2.24) is 0 Å². The smallest absolute Gasteiger partial charge is 0.228 e. The molecule has 152 valence electrons. The first kappa shape index (κ1) is 18.9. The predicted octanol–water partition coefficient (Wildman–Crippen LogP) is 5.81. The van der Waals surface area contributed by atoms with E-state index in [2.05, 4.69) is 67.7 Å². The molecule has 2 atom stereocenters. The quantitative estimate of drug-likeness (QED) is 0.603.